The van der Waals surface area contributed by atoms with E-state index < -0.39 is 0 Å². The number of rotatable bonds is 3. The molecule has 1 atom stereocenters. The molecule has 0 aliphatic carbocycles. The van der Waals surface area contributed by atoms with Crippen molar-refractivity contribution in [1.82, 2.24) is 9.80 Å². The first kappa shape index (κ1) is 13.9. The second-order valence-corrected chi connectivity index (χ2v) is 5.62. The Morgan fingerprint density at radius 1 is 1.53 bits per heavy atom. The average molecular weight is 262 g/mol. The highest BCUT2D eigenvalue weighted by atomic mass is 16.3. The average Bonchev–Trinajstić information content (AvgIpc) is 2.74. The fraction of sp³-hybridized carbons (Fsp3) is 0.533. The van der Waals surface area contributed by atoms with Gasteiger partial charge in [0.05, 0.1) is 5.56 Å². The van der Waals surface area contributed by atoms with E-state index in [1.165, 1.54) is 0 Å². The highest BCUT2D eigenvalue weighted by Crippen LogP contribution is 2.21. The summed E-state index contributed by atoms with van der Waals surface area (Å²) in [7, 11) is 3.91. The molecule has 0 aromatic heterocycles. The first-order chi connectivity index (χ1) is 8.97. The number of hydrogen-bond donors (Lipinski definition) is 1. The number of hydrogen-bond acceptors (Lipinski definition) is 3. The summed E-state index contributed by atoms with van der Waals surface area (Å²) in [5, 5.41) is 9.86. The van der Waals surface area contributed by atoms with Crippen molar-refractivity contribution >= 4 is 5.91 Å². The molecule has 1 saturated heterocycles. The zero-order valence-electron chi connectivity index (χ0n) is 11.9. The molecule has 4 nitrogen and oxygen atoms in total. The Labute approximate surface area is 114 Å². The Hall–Kier alpha value is -1.55. The van der Waals surface area contributed by atoms with Crippen molar-refractivity contribution in [2.24, 2.45) is 5.92 Å². The van der Waals surface area contributed by atoms with Crippen LogP contribution < -0.4 is 0 Å². The number of nitrogens with zero attached hydrogens (tertiary/aromatic N) is 2. The van der Waals surface area contributed by atoms with Crippen molar-refractivity contribution in [1.29, 1.82) is 0 Å². The lowest BCUT2D eigenvalue weighted by molar-refractivity contribution is 0.0771. The summed E-state index contributed by atoms with van der Waals surface area (Å²) in [6, 6.07) is 5.18. The fourth-order valence-electron chi connectivity index (χ4n) is 2.67. The number of phenols is 1. The zero-order valence-corrected chi connectivity index (χ0v) is 11.9. The number of aromatic hydroxyl groups is 1. The predicted molar refractivity (Wildman–Crippen MR) is 75.4 cm³/mol. The zero-order chi connectivity index (χ0) is 14.0. The van der Waals surface area contributed by atoms with Gasteiger partial charge < -0.3 is 14.9 Å². The number of aryl methyl sites for hydroxylation is 1. The van der Waals surface area contributed by atoms with Crippen LogP contribution in [0, 0.1) is 12.8 Å². The molecule has 1 heterocycles. The van der Waals surface area contributed by atoms with Gasteiger partial charge in [-0.3, -0.25) is 4.79 Å². The largest absolute Gasteiger partial charge is 0.507 e. The molecule has 0 saturated carbocycles. The molecule has 0 bridgehead atoms. The number of carbonyl (C=O) groups is 1. The summed E-state index contributed by atoms with van der Waals surface area (Å²) < 4.78 is 0. The number of phenolic OH excluding ortho intramolecular Hbond substituents is 1. The highest BCUT2D eigenvalue weighted by molar-refractivity contribution is 5.96. The number of amides is 1. The van der Waals surface area contributed by atoms with Gasteiger partial charge in [-0.1, -0.05) is 6.07 Å². The minimum atomic E-state index is -0.105. The molecule has 1 aromatic carbocycles. The third-order valence-electron chi connectivity index (χ3n) is 3.75. The molecule has 0 radical (unpaired) electrons. The van der Waals surface area contributed by atoms with Crippen molar-refractivity contribution in [2.75, 3.05) is 33.7 Å². The molecule has 1 N–H and O–H groups in total. The van der Waals surface area contributed by atoms with Gasteiger partial charge in [-0.2, -0.15) is 0 Å². The van der Waals surface area contributed by atoms with E-state index in [2.05, 4.69) is 11.9 Å². The molecule has 0 spiro atoms. The maximum Gasteiger partial charge on any atom is 0.257 e. The maximum atomic E-state index is 12.3. The molecular formula is C15H22N2O2. The van der Waals surface area contributed by atoms with Crippen molar-refractivity contribution in [3.05, 3.63) is 29.3 Å². The van der Waals surface area contributed by atoms with Gasteiger partial charge in [0, 0.05) is 20.1 Å². The Bertz CT molecular complexity index is 473. The fourth-order valence-corrected chi connectivity index (χ4v) is 2.67. The smallest absolute Gasteiger partial charge is 0.257 e. The van der Waals surface area contributed by atoms with Gasteiger partial charge >= 0.3 is 0 Å². The lowest BCUT2D eigenvalue weighted by atomic mass is 10.1. The lowest BCUT2D eigenvalue weighted by Gasteiger charge is -2.21. The Morgan fingerprint density at radius 3 is 2.84 bits per heavy atom. The van der Waals surface area contributed by atoms with E-state index in [1.807, 2.05) is 13.0 Å². The van der Waals surface area contributed by atoms with Gasteiger partial charge in [-0.15, -0.1) is 0 Å². The van der Waals surface area contributed by atoms with Gasteiger partial charge in [-0.05, 0) is 50.6 Å². The Balaban J connectivity index is 2.02. The van der Waals surface area contributed by atoms with E-state index in [9.17, 15) is 9.90 Å². The van der Waals surface area contributed by atoms with Crippen LogP contribution in [-0.2, 0) is 0 Å². The van der Waals surface area contributed by atoms with Crippen LogP contribution in [0.5, 0.6) is 5.75 Å². The van der Waals surface area contributed by atoms with Gasteiger partial charge in [0.15, 0.2) is 0 Å². The summed E-state index contributed by atoms with van der Waals surface area (Å²) in [4.78, 5) is 16.3. The first-order valence-electron chi connectivity index (χ1n) is 6.71. The third-order valence-corrected chi connectivity index (χ3v) is 3.75. The molecular weight excluding hydrogens is 240 g/mol. The van der Waals surface area contributed by atoms with E-state index in [-0.39, 0.29) is 11.7 Å². The summed E-state index contributed by atoms with van der Waals surface area (Å²) in [6.07, 6.45) is 1.13. The molecule has 19 heavy (non-hydrogen) atoms. The SMILES string of the molecule is Cc1ccc(C(=O)N(C)CC2CCN(C)C2)c(O)c1. The molecule has 1 fully saturated rings. The molecule has 1 aromatic rings. The molecule has 1 aliphatic heterocycles. The summed E-state index contributed by atoms with van der Waals surface area (Å²) >= 11 is 0. The second-order valence-electron chi connectivity index (χ2n) is 5.62. The molecule has 104 valence electrons. The minimum Gasteiger partial charge on any atom is -0.507 e. The number of carbonyl (C=O) groups excluding carboxylic acids is 1. The lowest BCUT2D eigenvalue weighted by Crippen LogP contribution is -2.32. The molecule has 4 heteroatoms. The third kappa shape index (κ3) is 3.26. The van der Waals surface area contributed by atoms with Gasteiger partial charge in [-0.25, -0.2) is 0 Å². The molecule has 1 unspecified atom stereocenters. The van der Waals surface area contributed by atoms with Crippen molar-refractivity contribution in [3.8, 4) is 5.75 Å². The first-order valence-corrected chi connectivity index (χ1v) is 6.71. The van der Waals surface area contributed by atoms with Crippen molar-refractivity contribution < 1.29 is 9.90 Å². The van der Waals surface area contributed by atoms with Gasteiger partial charge in [0.2, 0.25) is 0 Å². The number of likely N-dealkylation sites (tertiary alicyclic amines) is 1. The van der Waals surface area contributed by atoms with E-state index >= 15 is 0 Å². The van der Waals surface area contributed by atoms with Crippen LogP contribution in [-0.4, -0.2) is 54.5 Å². The minimum absolute atomic E-state index is 0.0698. The van der Waals surface area contributed by atoms with Crippen molar-refractivity contribution in [2.45, 2.75) is 13.3 Å². The summed E-state index contributed by atoms with van der Waals surface area (Å²) in [6.45, 7) is 4.78. The standard InChI is InChI=1S/C15H22N2O2/c1-11-4-5-13(14(18)8-11)15(19)17(3)10-12-6-7-16(2)9-12/h4-5,8,12,18H,6-7,9-10H2,1-3H3. The Morgan fingerprint density at radius 2 is 2.26 bits per heavy atom. The monoisotopic (exact) mass is 262 g/mol. The second kappa shape index (κ2) is 5.61. The highest BCUT2D eigenvalue weighted by Gasteiger charge is 2.24. The quantitative estimate of drug-likeness (QED) is 0.902. The van der Waals surface area contributed by atoms with Crippen LogP contribution in [0.15, 0.2) is 18.2 Å². The van der Waals surface area contributed by atoms with E-state index in [4.69, 9.17) is 0 Å². The van der Waals surface area contributed by atoms with Crippen LogP contribution in [0.25, 0.3) is 0 Å². The molecule has 2 rings (SSSR count). The summed E-state index contributed by atoms with van der Waals surface area (Å²) in [5.74, 6) is 0.499. The van der Waals surface area contributed by atoms with Gasteiger partial charge in [0.25, 0.3) is 5.91 Å². The maximum absolute atomic E-state index is 12.3. The van der Waals surface area contributed by atoms with Gasteiger partial charge in [0.1, 0.15) is 5.75 Å². The summed E-state index contributed by atoms with van der Waals surface area (Å²) in [5.41, 5.74) is 1.34. The van der Waals surface area contributed by atoms with Crippen LogP contribution in [0.3, 0.4) is 0 Å². The topological polar surface area (TPSA) is 43.8 Å². The van der Waals surface area contributed by atoms with Crippen LogP contribution in [0.1, 0.15) is 22.3 Å². The Kier molecular flexibility index (Phi) is 4.10. The number of benzene rings is 1. The molecule has 1 aliphatic rings. The van der Waals surface area contributed by atoms with Crippen molar-refractivity contribution in [3.63, 3.8) is 0 Å². The normalized spacial score (nSPS) is 19.6. The van der Waals surface area contributed by atoms with E-state index in [0.717, 1.165) is 31.6 Å². The van der Waals surface area contributed by atoms with Crippen LogP contribution >= 0.6 is 0 Å². The van der Waals surface area contributed by atoms with E-state index in [0.29, 0.717) is 11.5 Å². The predicted octanol–water partition coefficient (Wildman–Crippen LogP) is 1.72. The van der Waals surface area contributed by atoms with Crippen LogP contribution in [0.4, 0.5) is 0 Å². The molecule has 1 amide bonds. The van der Waals surface area contributed by atoms with Crippen LogP contribution in [0.2, 0.25) is 0 Å². The van der Waals surface area contributed by atoms with E-state index in [1.54, 1.807) is 24.1 Å².